The average Bonchev–Trinajstić information content (AvgIpc) is 2.62. The molecular formula is C19H21NO3S. The van der Waals surface area contributed by atoms with Crippen molar-refractivity contribution in [2.24, 2.45) is 0 Å². The highest BCUT2D eigenvalue weighted by molar-refractivity contribution is 7.99. The van der Waals surface area contributed by atoms with Crippen molar-refractivity contribution in [3.05, 3.63) is 60.2 Å². The van der Waals surface area contributed by atoms with Gasteiger partial charge >= 0.3 is 5.97 Å². The Morgan fingerprint density at radius 3 is 2.46 bits per heavy atom. The van der Waals surface area contributed by atoms with Crippen molar-refractivity contribution in [3.63, 3.8) is 0 Å². The highest BCUT2D eigenvalue weighted by Crippen LogP contribution is 2.31. The lowest BCUT2D eigenvalue weighted by Crippen LogP contribution is -2.48. The van der Waals surface area contributed by atoms with E-state index in [0.29, 0.717) is 32.7 Å². The van der Waals surface area contributed by atoms with Crippen LogP contribution in [0.1, 0.15) is 5.56 Å². The van der Waals surface area contributed by atoms with Crippen LogP contribution in [0.4, 0.5) is 0 Å². The van der Waals surface area contributed by atoms with Gasteiger partial charge in [-0.1, -0.05) is 48.2 Å². The second-order valence-electron chi connectivity index (χ2n) is 5.73. The second-order valence-corrected chi connectivity index (χ2v) is 6.84. The number of carboxylic acids is 1. The SMILES string of the molecule is O=C(O)[C@@H](Cc1ccccc1Sc1ccccc1)N1CCOCC1. The number of nitrogens with zero attached hydrogens (tertiary/aromatic N) is 1. The van der Waals surface area contributed by atoms with Gasteiger partial charge in [-0.2, -0.15) is 0 Å². The Morgan fingerprint density at radius 1 is 1.08 bits per heavy atom. The first-order valence-corrected chi connectivity index (χ1v) is 8.91. The smallest absolute Gasteiger partial charge is 0.321 e. The molecule has 1 heterocycles. The molecule has 0 aromatic heterocycles. The van der Waals surface area contributed by atoms with Crippen LogP contribution in [-0.4, -0.2) is 48.3 Å². The Labute approximate surface area is 146 Å². The summed E-state index contributed by atoms with van der Waals surface area (Å²) in [7, 11) is 0. The minimum atomic E-state index is -0.767. The van der Waals surface area contributed by atoms with Gasteiger partial charge < -0.3 is 9.84 Å². The third-order valence-corrected chi connectivity index (χ3v) is 5.25. The van der Waals surface area contributed by atoms with Crippen LogP contribution >= 0.6 is 11.8 Å². The van der Waals surface area contributed by atoms with Crippen molar-refractivity contribution in [3.8, 4) is 0 Å². The van der Waals surface area contributed by atoms with Gasteiger partial charge in [-0.25, -0.2) is 0 Å². The summed E-state index contributed by atoms with van der Waals surface area (Å²) in [6.07, 6.45) is 0.505. The zero-order chi connectivity index (χ0) is 16.8. The van der Waals surface area contributed by atoms with Gasteiger partial charge in [-0.15, -0.1) is 0 Å². The number of ether oxygens (including phenoxy) is 1. The number of morpholine rings is 1. The molecule has 2 aromatic rings. The predicted octanol–water partition coefficient (Wildman–Crippen LogP) is 3.17. The Morgan fingerprint density at radius 2 is 1.75 bits per heavy atom. The third-order valence-electron chi connectivity index (χ3n) is 4.13. The van der Waals surface area contributed by atoms with Crippen molar-refractivity contribution in [1.29, 1.82) is 0 Å². The highest BCUT2D eigenvalue weighted by atomic mass is 32.2. The number of benzene rings is 2. The highest BCUT2D eigenvalue weighted by Gasteiger charge is 2.28. The molecule has 1 fully saturated rings. The molecule has 1 N–H and O–H groups in total. The molecule has 0 amide bonds. The molecule has 0 spiro atoms. The van der Waals surface area contributed by atoms with E-state index in [2.05, 4.69) is 18.2 Å². The van der Waals surface area contributed by atoms with Gasteiger partial charge in [-0.05, 0) is 30.2 Å². The predicted molar refractivity (Wildman–Crippen MR) is 94.5 cm³/mol. The van der Waals surface area contributed by atoms with Crippen molar-refractivity contribution in [1.82, 2.24) is 4.90 Å². The average molecular weight is 343 g/mol. The summed E-state index contributed by atoms with van der Waals surface area (Å²) in [4.78, 5) is 16.1. The number of hydrogen-bond acceptors (Lipinski definition) is 4. The van der Waals surface area contributed by atoms with Crippen LogP contribution in [0, 0.1) is 0 Å². The van der Waals surface area contributed by atoms with Crippen molar-refractivity contribution >= 4 is 17.7 Å². The largest absolute Gasteiger partial charge is 0.480 e. The van der Waals surface area contributed by atoms with Gasteiger partial charge in [0, 0.05) is 22.9 Å². The fraction of sp³-hybridized carbons (Fsp3) is 0.316. The molecule has 2 aromatic carbocycles. The van der Waals surface area contributed by atoms with Gasteiger partial charge in [0.05, 0.1) is 13.2 Å². The van der Waals surface area contributed by atoms with Crippen molar-refractivity contribution in [2.75, 3.05) is 26.3 Å². The van der Waals surface area contributed by atoms with Crippen LogP contribution in [0.5, 0.6) is 0 Å². The third kappa shape index (κ3) is 4.38. The van der Waals surface area contributed by atoms with Gasteiger partial charge in [0.25, 0.3) is 0 Å². The normalized spacial score (nSPS) is 16.7. The van der Waals surface area contributed by atoms with Crippen molar-refractivity contribution < 1.29 is 14.6 Å². The van der Waals surface area contributed by atoms with E-state index in [1.807, 2.05) is 41.3 Å². The Bertz CT molecular complexity index is 671. The van der Waals surface area contributed by atoms with Gasteiger partial charge in [0.1, 0.15) is 6.04 Å². The van der Waals surface area contributed by atoms with Gasteiger partial charge in [0.15, 0.2) is 0 Å². The van der Waals surface area contributed by atoms with Crippen LogP contribution in [0.2, 0.25) is 0 Å². The second kappa shape index (κ2) is 8.33. The Kier molecular flexibility index (Phi) is 5.91. The van der Waals surface area contributed by atoms with Crippen molar-refractivity contribution in [2.45, 2.75) is 22.3 Å². The first-order valence-electron chi connectivity index (χ1n) is 8.09. The summed E-state index contributed by atoms with van der Waals surface area (Å²) in [5.74, 6) is -0.767. The number of hydrogen-bond donors (Lipinski definition) is 1. The lowest BCUT2D eigenvalue weighted by molar-refractivity contribution is -0.145. The fourth-order valence-electron chi connectivity index (χ4n) is 2.86. The summed E-state index contributed by atoms with van der Waals surface area (Å²) in [5, 5.41) is 9.68. The molecule has 0 bridgehead atoms. The monoisotopic (exact) mass is 343 g/mol. The Hall–Kier alpha value is -1.82. The molecule has 24 heavy (non-hydrogen) atoms. The summed E-state index contributed by atoms with van der Waals surface area (Å²) in [6.45, 7) is 2.55. The minimum absolute atomic E-state index is 0.505. The van der Waals surface area contributed by atoms with Gasteiger partial charge in [-0.3, -0.25) is 9.69 Å². The lowest BCUT2D eigenvalue weighted by atomic mass is 10.0. The van der Waals surface area contributed by atoms with Gasteiger partial charge in [0.2, 0.25) is 0 Å². The first-order chi connectivity index (χ1) is 11.7. The van der Waals surface area contributed by atoms with E-state index in [0.717, 1.165) is 15.4 Å². The van der Waals surface area contributed by atoms with Crippen LogP contribution in [0.3, 0.4) is 0 Å². The maximum absolute atomic E-state index is 11.8. The first kappa shape index (κ1) is 17.0. The molecule has 0 aliphatic carbocycles. The Balaban J connectivity index is 1.79. The van der Waals surface area contributed by atoms with E-state index in [4.69, 9.17) is 4.74 Å². The summed E-state index contributed by atoms with van der Waals surface area (Å²) in [5.41, 5.74) is 1.07. The summed E-state index contributed by atoms with van der Waals surface area (Å²) in [6, 6.07) is 17.7. The molecule has 0 saturated carbocycles. The van der Waals surface area contributed by atoms with E-state index in [-0.39, 0.29) is 0 Å². The van der Waals surface area contributed by atoms with E-state index in [1.54, 1.807) is 11.8 Å². The molecule has 1 aliphatic heterocycles. The molecule has 4 nitrogen and oxygen atoms in total. The minimum Gasteiger partial charge on any atom is -0.480 e. The summed E-state index contributed by atoms with van der Waals surface area (Å²) >= 11 is 1.68. The molecule has 126 valence electrons. The number of aliphatic carboxylic acids is 1. The molecule has 0 radical (unpaired) electrons. The van der Waals surface area contributed by atoms with E-state index < -0.39 is 12.0 Å². The molecule has 0 unspecified atom stereocenters. The molecular weight excluding hydrogens is 322 g/mol. The van der Waals surface area contributed by atoms with E-state index in [1.165, 1.54) is 0 Å². The molecule has 3 rings (SSSR count). The quantitative estimate of drug-likeness (QED) is 0.873. The van der Waals surface area contributed by atoms with Crippen LogP contribution in [-0.2, 0) is 16.0 Å². The standard InChI is InChI=1S/C19H21NO3S/c21-19(22)17(20-10-12-23-13-11-20)14-15-6-4-5-9-18(15)24-16-7-2-1-3-8-16/h1-9,17H,10-14H2,(H,21,22)/t17-/m1/s1. The zero-order valence-corrected chi connectivity index (χ0v) is 14.2. The van der Waals surface area contributed by atoms with Crippen LogP contribution in [0.15, 0.2) is 64.4 Å². The summed E-state index contributed by atoms with van der Waals surface area (Å²) < 4.78 is 5.34. The van der Waals surface area contributed by atoms with Crippen LogP contribution < -0.4 is 0 Å². The molecule has 1 aliphatic rings. The molecule has 1 atom stereocenters. The molecule has 1 saturated heterocycles. The zero-order valence-electron chi connectivity index (χ0n) is 13.4. The molecule has 5 heteroatoms. The van der Waals surface area contributed by atoms with E-state index in [9.17, 15) is 9.90 Å². The number of rotatable bonds is 6. The van der Waals surface area contributed by atoms with Crippen LogP contribution in [0.25, 0.3) is 0 Å². The number of carboxylic acid groups (broad SMARTS) is 1. The maximum atomic E-state index is 11.8. The maximum Gasteiger partial charge on any atom is 0.321 e. The number of carbonyl (C=O) groups is 1. The topological polar surface area (TPSA) is 49.8 Å². The van der Waals surface area contributed by atoms with E-state index >= 15 is 0 Å². The lowest BCUT2D eigenvalue weighted by Gasteiger charge is -2.32. The fourth-order valence-corrected chi connectivity index (χ4v) is 3.83.